The number of para-hydroxylation sites is 2. The van der Waals surface area contributed by atoms with Crippen LogP contribution in [0.25, 0.3) is 11.0 Å². The van der Waals surface area contributed by atoms with Crippen molar-refractivity contribution in [2.75, 3.05) is 0 Å². The van der Waals surface area contributed by atoms with E-state index in [0.29, 0.717) is 0 Å². The molecule has 0 saturated heterocycles. The molecular weight excluding hydrogens is 236 g/mol. The summed E-state index contributed by atoms with van der Waals surface area (Å²) in [7, 11) is 0. The fraction of sp³-hybridized carbons (Fsp3) is 0.188. The molecular formula is C16H14N2O. The first-order chi connectivity index (χ1) is 9.34. The minimum atomic E-state index is -0.450. The van der Waals surface area contributed by atoms with Crippen molar-refractivity contribution in [1.29, 1.82) is 0 Å². The number of aliphatic hydroxyl groups excluding tert-OH is 1. The van der Waals surface area contributed by atoms with Gasteiger partial charge in [0.05, 0.1) is 23.4 Å². The van der Waals surface area contributed by atoms with E-state index in [9.17, 15) is 5.11 Å². The molecule has 1 heterocycles. The highest BCUT2D eigenvalue weighted by Crippen LogP contribution is 2.40. The SMILES string of the molecule is OC1c2ccccc2CC1n1cnc2ccccc21. The highest BCUT2D eigenvalue weighted by Gasteiger charge is 2.32. The fourth-order valence-corrected chi connectivity index (χ4v) is 3.05. The highest BCUT2D eigenvalue weighted by molar-refractivity contribution is 5.75. The number of hydrogen-bond acceptors (Lipinski definition) is 2. The molecule has 94 valence electrons. The molecule has 4 rings (SSSR count). The third-order valence-corrected chi connectivity index (χ3v) is 4.01. The van der Waals surface area contributed by atoms with Gasteiger partial charge in [-0.25, -0.2) is 4.98 Å². The average Bonchev–Trinajstić information content (AvgIpc) is 3.01. The molecule has 3 heteroatoms. The summed E-state index contributed by atoms with van der Waals surface area (Å²) in [4.78, 5) is 4.41. The van der Waals surface area contributed by atoms with E-state index in [4.69, 9.17) is 0 Å². The van der Waals surface area contributed by atoms with Crippen molar-refractivity contribution in [3.05, 3.63) is 66.0 Å². The lowest BCUT2D eigenvalue weighted by molar-refractivity contribution is 0.129. The van der Waals surface area contributed by atoms with Gasteiger partial charge in [-0.05, 0) is 29.7 Å². The van der Waals surface area contributed by atoms with Crippen LogP contribution in [-0.4, -0.2) is 14.7 Å². The molecule has 1 aliphatic carbocycles. The number of nitrogens with zero attached hydrogens (tertiary/aromatic N) is 2. The molecule has 1 N–H and O–H groups in total. The number of rotatable bonds is 1. The molecule has 2 aromatic carbocycles. The van der Waals surface area contributed by atoms with Crippen molar-refractivity contribution < 1.29 is 5.11 Å². The Labute approximate surface area is 111 Å². The van der Waals surface area contributed by atoms with E-state index in [-0.39, 0.29) is 6.04 Å². The van der Waals surface area contributed by atoms with Crippen LogP contribution in [0, 0.1) is 0 Å². The Kier molecular flexibility index (Phi) is 2.23. The minimum Gasteiger partial charge on any atom is -0.386 e. The monoisotopic (exact) mass is 250 g/mol. The Morgan fingerprint density at radius 3 is 2.74 bits per heavy atom. The molecule has 19 heavy (non-hydrogen) atoms. The van der Waals surface area contributed by atoms with E-state index in [0.717, 1.165) is 23.0 Å². The molecule has 0 spiro atoms. The summed E-state index contributed by atoms with van der Waals surface area (Å²) in [5.41, 5.74) is 4.34. The highest BCUT2D eigenvalue weighted by atomic mass is 16.3. The van der Waals surface area contributed by atoms with Gasteiger partial charge in [0.15, 0.2) is 0 Å². The lowest BCUT2D eigenvalue weighted by atomic mass is 10.1. The van der Waals surface area contributed by atoms with Gasteiger partial charge in [-0.2, -0.15) is 0 Å². The Morgan fingerprint density at radius 1 is 1.05 bits per heavy atom. The number of imidazole rings is 1. The number of fused-ring (bicyclic) bond motifs is 2. The van der Waals surface area contributed by atoms with Gasteiger partial charge in [0, 0.05) is 0 Å². The van der Waals surface area contributed by atoms with Gasteiger partial charge in [-0.3, -0.25) is 0 Å². The smallest absolute Gasteiger partial charge is 0.100 e. The number of hydrogen-bond donors (Lipinski definition) is 1. The van der Waals surface area contributed by atoms with Crippen molar-refractivity contribution in [2.24, 2.45) is 0 Å². The van der Waals surface area contributed by atoms with Crippen molar-refractivity contribution >= 4 is 11.0 Å². The lowest BCUT2D eigenvalue weighted by Gasteiger charge is -2.17. The first-order valence-electron chi connectivity index (χ1n) is 6.52. The summed E-state index contributed by atoms with van der Waals surface area (Å²) < 4.78 is 2.10. The van der Waals surface area contributed by atoms with E-state index in [1.54, 1.807) is 0 Å². The van der Waals surface area contributed by atoms with Gasteiger partial charge >= 0.3 is 0 Å². The normalized spacial score (nSPS) is 21.7. The second kappa shape index (κ2) is 3.93. The van der Waals surface area contributed by atoms with Gasteiger partial charge < -0.3 is 9.67 Å². The van der Waals surface area contributed by atoms with Crippen LogP contribution in [0.5, 0.6) is 0 Å². The zero-order valence-corrected chi connectivity index (χ0v) is 10.4. The zero-order valence-electron chi connectivity index (χ0n) is 10.4. The van der Waals surface area contributed by atoms with Crippen molar-refractivity contribution in [1.82, 2.24) is 9.55 Å². The predicted octanol–water partition coefficient (Wildman–Crippen LogP) is 2.87. The van der Waals surface area contributed by atoms with Crippen LogP contribution in [0.4, 0.5) is 0 Å². The van der Waals surface area contributed by atoms with E-state index >= 15 is 0 Å². The van der Waals surface area contributed by atoms with Crippen LogP contribution in [0.1, 0.15) is 23.3 Å². The maximum Gasteiger partial charge on any atom is 0.100 e. The van der Waals surface area contributed by atoms with Crippen LogP contribution >= 0.6 is 0 Å². The second-order valence-corrected chi connectivity index (χ2v) is 5.06. The third kappa shape index (κ3) is 1.52. The molecule has 0 aliphatic heterocycles. The molecule has 2 unspecified atom stereocenters. The Bertz CT molecular complexity index is 747. The van der Waals surface area contributed by atoms with Crippen molar-refractivity contribution in [2.45, 2.75) is 18.6 Å². The topological polar surface area (TPSA) is 38.0 Å². The van der Waals surface area contributed by atoms with Gasteiger partial charge in [0.25, 0.3) is 0 Å². The van der Waals surface area contributed by atoms with Crippen LogP contribution in [0.15, 0.2) is 54.9 Å². The molecule has 0 saturated carbocycles. The van der Waals surface area contributed by atoms with Crippen LogP contribution in [-0.2, 0) is 6.42 Å². The Balaban J connectivity index is 1.83. The van der Waals surface area contributed by atoms with E-state index < -0.39 is 6.10 Å². The first-order valence-corrected chi connectivity index (χ1v) is 6.52. The van der Waals surface area contributed by atoms with E-state index in [1.807, 2.05) is 42.7 Å². The first kappa shape index (κ1) is 10.8. The molecule has 1 aromatic heterocycles. The summed E-state index contributed by atoms with van der Waals surface area (Å²) in [6, 6.07) is 16.2. The standard InChI is InChI=1S/C16H14N2O/c19-16-12-6-2-1-5-11(12)9-15(16)18-10-17-13-7-3-4-8-14(13)18/h1-8,10,15-16,19H,9H2. The fourth-order valence-electron chi connectivity index (χ4n) is 3.05. The summed E-state index contributed by atoms with van der Waals surface area (Å²) >= 11 is 0. The second-order valence-electron chi connectivity index (χ2n) is 5.06. The van der Waals surface area contributed by atoms with E-state index in [2.05, 4.69) is 21.7 Å². The molecule has 3 aromatic rings. The van der Waals surface area contributed by atoms with Crippen molar-refractivity contribution in [3.63, 3.8) is 0 Å². The quantitative estimate of drug-likeness (QED) is 0.721. The number of benzene rings is 2. The largest absolute Gasteiger partial charge is 0.386 e. The van der Waals surface area contributed by atoms with Gasteiger partial charge in [-0.1, -0.05) is 36.4 Å². The average molecular weight is 250 g/mol. The van der Waals surface area contributed by atoms with Gasteiger partial charge in [-0.15, -0.1) is 0 Å². The van der Waals surface area contributed by atoms with Gasteiger partial charge in [0.2, 0.25) is 0 Å². The summed E-state index contributed by atoms with van der Waals surface area (Å²) in [6.07, 6.45) is 2.25. The maximum atomic E-state index is 10.5. The van der Waals surface area contributed by atoms with E-state index in [1.165, 1.54) is 5.56 Å². The Morgan fingerprint density at radius 2 is 1.84 bits per heavy atom. The summed E-state index contributed by atoms with van der Waals surface area (Å²) in [5, 5.41) is 10.5. The summed E-state index contributed by atoms with van der Waals surface area (Å²) in [5.74, 6) is 0. The molecule has 0 bridgehead atoms. The third-order valence-electron chi connectivity index (χ3n) is 4.01. The lowest BCUT2D eigenvalue weighted by Crippen LogP contribution is -2.12. The van der Waals surface area contributed by atoms with Crippen LogP contribution in [0.2, 0.25) is 0 Å². The minimum absolute atomic E-state index is 0.0461. The molecule has 3 nitrogen and oxygen atoms in total. The van der Waals surface area contributed by atoms with Crippen LogP contribution < -0.4 is 0 Å². The Hall–Kier alpha value is -2.13. The molecule has 0 amide bonds. The van der Waals surface area contributed by atoms with Gasteiger partial charge in [0.1, 0.15) is 6.10 Å². The predicted molar refractivity (Wildman–Crippen MR) is 73.9 cm³/mol. The molecule has 1 aliphatic rings. The molecule has 0 fully saturated rings. The van der Waals surface area contributed by atoms with Crippen molar-refractivity contribution in [3.8, 4) is 0 Å². The summed E-state index contributed by atoms with van der Waals surface area (Å²) in [6.45, 7) is 0. The van der Waals surface area contributed by atoms with Crippen LogP contribution in [0.3, 0.4) is 0 Å². The maximum absolute atomic E-state index is 10.5. The molecule has 2 atom stereocenters. The number of aliphatic hydroxyl groups is 1. The molecule has 0 radical (unpaired) electrons. The number of aromatic nitrogens is 2. The zero-order chi connectivity index (χ0) is 12.8.